The second-order valence-corrected chi connectivity index (χ2v) is 6.67. The van der Waals surface area contributed by atoms with E-state index in [1.165, 1.54) is 12.1 Å². The zero-order valence-corrected chi connectivity index (χ0v) is 13.9. The van der Waals surface area contributed by atoms with Crippen LogP contribution in [0.4, 0.5) is 13.2 Å². The molecular formula is C17H19F3N2O4. The van der Waals surface area contributed by atoms with Gasteiger partial charge < -0.3 is 14.7 Å². The van der Waals surface area contributed by atoms with E-state index in [0.29, 0.717) is 26.3 Å². The predicted octanol–water partition coefficient (Wildman–Crippen LogP) is 1.56. The molecule has 1 N–H and O–H groups in total. The fourth-order valence-electron chi connectivity index (χ4n) is 3.45. The number of carboxylic acid groups (broad SMARTS) is 1. The van der Waals surface area contributed by atoms with Crippen LogP contribution >= 0.6 is 0 Å². The Morgan fingerprint density at radius 2 is 1.81 bits per heavy atom. The molecule has 6 nitrogen and oxygen atoms in total. The molecule has 0 unspecified atom stereocenters. The quantitative estimate of drug-likeness (QED) is 0.872. The molecule has 1 aromatic rings. The average Bonchev–Trinajstić information content (AvgIpc) is 2.82. The maximum atomic E-state index is 12.7. The zero-order chi connectivity index (χ0) is 18.9. The van der Waals surface area contributed by atoms with Crippen LogP contribution in [-0.4, -0.2) is 72.2 Å². The molecular weight excluding hydrogens is 353 g/mol. The highest BCUT2D eigenvalue weighted by molar-refractivity contribution is 5.94. The van der Waals surface area contributed by atoms with Crippen LogP contribution in [-0.2, 0) is 15.7 Å². The summed E-state index contributed by atoms with van der Waals surface area (Å²) in [5.41, 5.74) is -0.619. The van der Waals surface area contributed by atoms with Gasteiger partial charge in [-0.1, -0.05) is 0 Å². The van der Waals surface area contributed by atoms with Crippen LogP contribution in [0.5, 0.6) is 0 Å². The third kappa shape index (κ3) is 4.16. The number of carboxylic acids is 1. The van der Waals surface area contributed by atoms with Gasteiger partial charge in [-0.15, -0.1) is 0 Å². The van der Waals surface area contributed by atoms with Gasteiger partial charge in [0.2, 0.25) is 0 Å². The normalized spacial score (nSPS) is 24.2. The summed E-state index contributed by atoms with van der Waals surface area (Å²) in [6, 6.07) is 3.89. The number of hydrogen-bond acceptors (Lipinski definition) is 4. The number of carbonyl (C=O) groups is 2. The highest BCUT2D eigenvalue weighted by Crippen LogP contribution is 2.29. The van der Waals surface area contributed by atoms with Crippen molar-refractivity contribution in [1.82, 2.24) is 9.80 Å². The van der Waals surface area contributed by atoms with E-state index in [9.17, 15) is 22.8 Å². The molecule has 1 amide bonds. The second-order valence-electron chi connectivity index (χ2n) is 6.67. The number of aliphatic carboxylic acids is 1. The van der Waals surface area contributed by atoms with Gasteiger partial charge >= 0.3 is 12.1 Å². The molecule has 2 aliphatic heterocycles. The molecule has 0 spiro atoms. The smallest absolute Gasteiger partial charge is 0.416 e. The Morgan fingerprint density at radius 3 is 2.42 bits per heavy atom. The van der Waals surface area contributed by atoms with E-state index in [2.05, 4.69) is 0 Å². The molecule has 2 heterocycles. The largest absolute Gasteiger partial charge is 0.480 e. The fraction of sp³-hybridized carbons (Fsp3) is 0.529. The lowest BCUT2D eigenvalue weighted by Crippen LogP contribution is -2.47. The molecule has 2 atom stereocenters. The van der Waals surface area contributed by atoms with Crippen molar-refractivity contribution < 1.29 is 32.6 Å². The molecule has 0 aromatic heterocycles. The van der Waals surface area contributed by atoms with Crippen LogP contribution in [0.25, 0.3) is 0 Å². The first-order valence-corrected chi connectivity index (χ1v) is 8.24. The van der Waals surface area contributed by atoms with Crippen LogP contribution in [0.1, 0.15) is 15.9 Å². The van der Waals surface area contributed by atoms with Crippen molar-refractivity contribution in [2.24, 2.45) is 5.92 Å². The minimum Gasteiger partial charge on any atom is -0.480 e. The Labute approximate surface area is 148 Å². The topological polar surface area (TPSA) is 70.1 Å². The summed E-state index contributed by atoms with van der Waals surface area (Å²) in [4.78, 5) is 27.2. The standard InChI is InChI=1S/C17H19F3N2O4/c18-17(19,20)13-3-1-12(2-4-13)16(25)22-6-11-5-21(8-15(23)24)14(7-22)10-26-9-11/h1-4,11,14H,5-10H2,(H,23,24)/t11-,14+/m1/s1. The van der Waals surface area contributed by atoms with Crippen LogP contribution in [0.3, 0.4) is 0 Å². The lowest BCUT2D eigenvalue weighted by Gasteiger charge is -2.30. The Kier molecular flexibility index (Phi) is 5.19. The summed E-state index contributed by atoms with van der Waals surface area (Å²) in [7, 11) is 0. The summed E-state index contributed by atoms with van der Waals surface area (Å²) < 4.78 is 43.6. The number of benzene rings is 1. The first-order valence-electron chi connectivity index (χ1n) is 8.24. The number of amides is 1. The molecule has 0 radical (unpaired) electrons. The van der Waals surface area contributed by atoms with Crippen molar-refractivity contribution in [3.8, 4) is 0 Å². The van der Waals surface area contributed by atoms with Gasteiger partial charge in [-0.25, -0.2) is 0 Å². The number of rotatable bonds is 3. The molecule has 26 heavy (non-hydrogen) atoms. The molecule has 0 aliphatic carbocycles. The van der Waals surface area contributed by atoms with Crippen molar-refractivity contribution in [2.45, 2.75) is 12.2 Å². The minimum atomic E-state index is -4.45. The monoisotopic (exact) mass is 372 g/mol. The number of halogens is 3. The number of hydrogen-bond donors (Lipinski definition) is 1. The van der Waals surface area contributed by atoms with Crippen molar-refractivity contribution in [3.63, 3.8) is 0 Å². The fourth-order valence-corrected chi connectivity index (χ4v) is 3.45. The summed E-state index contributed by atoms with van der Waals surface area (Å²) in [6.45, 7) is 1.78. The molecule has 2 saturated heterocycles. The van der Waals surface area contributed by atoms with Crippen LogP contribution < -0.4 is 0 Å². The SMILES string of the molecule is O=C(O)CN1C[C@H]2COC[C@@H]1CN(C(=O)c1ccc(C(F)(F)F)cc1)C2. The third-order valence-electron chi connectivity index (χ3n) is 4.67. The molecule has 0 saturated carbocycles. The van der Waals surface area contributed by atoms with E-state index in [-0.39, 0.29) is 36.5 Å². The van der Waals surface area contributed by atoms with Gasteiger partial charge in [0.15, 0.2) is 0 Å². The lowest BCUT2D eigenvalue weighted by atomic mass is 10.1. The molecule has 2 aliphatic rings. The van der Waals surface area contributed by atoms with Crippen molar-refractivity contribution >= 4 is 11.9 Å². The van der Waals surface area contributed by atoms with Crippen molar-refractivity contribution in [3.05, 3.63) is 35.4 Å². The van der Waals surface area contributed by atoms with Gasteiger partial charge in [-0.3, -0.25) is 14.5 Å². The van der Waals surface area contributed by atoms with Crippen LogP contribution in [0, 0.1) is 5.92 Å². The third-order valence-corrected chi connectivity index (χ3v) is 4.67. The Bertz CT molecular complexity index is 678. The van der Waals surface area contributed by atoms with Crippen molar-refractivity contribution in [2.75, 3.05) is 39.4 Å². The van der Waals surface area contributed by atoms with Gasteiger partial charge in [0, 0.05) is 31.1 Å². The highest BCUT2D eigenvalue weighted by Gasteiger charge is 2.36. The first kappa shape index (κ1) is 18.7. The molecule has 2 fully saturated rings. The van der Waals surface area contributed by atoms with Crippen LogP contribution in [0.15, 0.2) is 24.3 Å². The molecule has 1 aromatic carbocycles. The van der Waals surface area contributed by atoms with E-state index in [4.69, 9.17) is 9.84 Å². The summed E-state index contributed by atoms with van der Waals surface area (Å²) >= 11 is 0. The van der Waals surface area contributed by atoms with Crippen molar-refractivity contribution in [1.29, 1.82) is 0 Å². The number of carbonyl (C=O) groups excluding carboxylic acids is 1. The summed E-state index contributed by atoms with van der Waals surface area (Å²) in [6.07, 6.45) is -4.45. The first-order chi connectivity index (χ1) is 12.2. The van der Waals surface area contributed by atoms with E-state index >= 15 is 0 Å². The zero-order valence-electron chi connectivity index (χ0n) is 13.9. The van der Waals surface area contributed by atoms with E-state index < -0.39 is 17.7 Å². The molecule has 3 rings (SSSR count). The van der Waals surface area contributed by atoms with E-state index in [1.807, 2.05) is 0 Å². The molecule has 9 heteroatoms. The second kappa shape index (κ2) is 7.24. The number of ether oxygens (including phenoxy) is 1. The van der Waals surface area contributed by atoms with Gasteiger partial charge in [0.1, 0.15) is 0 Å². The molecule has 142 valence electrons. The average molecular weight is 372 g/mol. The van der Waals surface area contributed by atoms with E-state index in [0.717, 1.165) is 12.1 Å². The Morgan fingerprint density at radius 1 is 1.12 bits per heavy atom. The van der Waals surface area contributed by atoms with Gasteiger partial charge in [0.05, 0.1) is 31.4 Å². The maximum absolute atomic E-state index is 12.7. The highest BCUT2D eigenvalue weighted by atomic mass is 19.4. The minimum absolute atomic E-state index is 0.0414. The van der Waals surface area contributed by atoms with Crippen LogP contribution in [0.2, 0.25) is 0 Å². The number of alkyl halides is 3. The van der Waals surface area contributed by atoms with Gasteiger partial charge in [0.25, 0.3) is 5.91 Å². The molecule has 2 bridgehead atoms. The number of fused-ring (bicyclic) bond motifs is 3. The Balaban J connectivity index is 1.76. The maximum Gasteiger partial charge on any atom is 0.416 e. The van der Waals surface area contributed by atoms with Gasteiger partial charge in [-0.2, -0.15) is 13.2 Å². The summed E-state index contributed by atoms with van der Waals surface area (Å²) in [5.74, 6) is -1.34. The Hall–Kier alpha value is -2.13. The predicted molar refractivity (Wildman–Crippen MR) is 84.7 cm³/mol. The lowest BCUT2D eigenvalue weighted by molar-refractivity contribution is -0.139. The van der Waals surface area contributed by atoms with Gasteiger partial charge in [-0.05, 0) is 24.3 Å². The number of nitrogens with zero attached hydrogens (tertiary/aromatic N) is 2. The van der Waals surface area contributed by atoms with E-state index in [1.54, 1.807) is 9.80 Å². The summed E-state index contributed by atoms with van der Waals surface area (Å²) in [5, 5.41) is 9.07.